The number of aromatic nitrogens is 1. The van der Waals surface area contributed by atoms with Gasteiger partial charge in [-0.25, -0.2) is 4.98 Å². The van der Waals surface area contributed by atoms with Crippen molar-refractivity contribution >= 4 is 50.7 Å². The summed E-state index contributed by atoms with van der Waals surface area (Å²) in [6, 6.07) is 6.96. The van der Waals surface area contributed by atoms with Crippen molar-refractivity contribution in [2.24, 2.45) is 0 Å². The molecular formula is C12H7BrCl3NO. The van der Waals surface area contributed by atoms with Crippen molar-refractivity contribution in [3.8, 4) is 5.75 Å². The van der Waals surface area contributed by atoms with Crippen molar-refractivity contribution < 1.29 is 4.74 Å². The Kier molecular flexibility index (Phi) is 4.73. The van der Waals surface area contributed by atoms with E-state index in [1.54, 1.807) is 24.4 Å². The van der Waals surface area contributed by atoms with E-state index in [1.165, 1.54) is 0 Å². The highest BCUT2D eigenvalue weighted by Gasteiger charge is 2.06. The Morgan fingerprint density at radius 1 is 1.11 bits per heavy atom. The second kappa shape index (κ2) is 6.11. The second-order valence-electron chi connectivity index (χ2n) is 3.46. The van der Waals surface area contributed by atoms with Crippen molar-refractivity contribution in [2.75, 3.05) is 0 Å². The molecule has 0 unspecified atom stereocenters. The van der Waals surface area contributed by atoms with Crippen LogP contribution in [0.15, 0.2) is 34.9 Å². The molecule has 1 aromatic heterocycles. The van der Waals surface area contributed by atoms with Gasteiger partial charge in [0.15, 0.2) is 0 Å². The summed E-state index contributed by atoms with van der Waals surface area (Å²) < 4.78 is 6.49. The molecular weight excluding hydrogens is 360 g/mol. The highest BCUT2D eigenvalue weighted by molar-refractivity contribution is 9.10. The standard InChI is InChI=1S/C12H7BrCl3NO/c13-8-1-2-9(14)11(3-8)18-6-7-5-17-12(16)4-10(7)15/h1-5H,6H2. The summed E-state index contributed by atoms with van der Waals surface area (Å²) in [5.74, 6) is 0.581. The minimum atomic E-state index is 0.277. The molecule has 94 valence electrons. The Bertz CT molecular complexity index is 577. The lowest BCUT2D eigenvalue weighted by atomic mass is 10.3. The van der Waals surface area contributed by atoms with Gasteiger partial charge < -0.3 is 4.74 Å². The molecule has 2 aromatic rings. The van der Waals surface area contributed by atoms with Crippen LogP contribution in [0.2, 0.25) is 15.2 Å². The van der Waals surface area contributed by atoms with E-state index in [0.29, 0.717) is 20.9 Å². The number of halogens is 4. The maximum absolute atomic E-state index is 6.02. The molecule has 0 atom stereocenters. The van der Waals surface area contributed by atoms with E-state index >= 15 is 0 Å². The summed E-state index contributed by atoms with van der Waals surface area (Å²) in [5.41, 5.74) is 0.747. The third-order valence-corrected chi connectivity index (χ3v) is 3.54. The van der Waals surface area contributed by atoms with E-state index in [1.807, 2.05) is 6.07 Å². The highest BCUT2D eigenvalue weighted by Crippen LogP contribution is 2.29. The van der Waals surface area contributed by atoms with Gasteiger partial charge in [-0.2, -0.15) is 0 Å². The van der Waals surface area contributed by atoms with Gasteiger partial charge in [-0.3, -0.25) is 0 Å². The monoisotopic (exact) mass is 365 g/mol. The molecule has 1 aromatic carbocycles. The van der Waals surface area contributed by atoms with Crippen LogP contribution in [0.25, 0.3) is 0 Å². The molecule has 0 saturated heterocycles. The van der Waals surface area contributed by atoms with E-state index in [0.717, 1.165) is 10.0 Å². The fourth-order valence-electron chi connectivity index (χ4n) is 1.29. The third-order valence-electron chi connectivity index (χ3n) is 2.17. The zero-order valence-electron chi connectivity index (χ0n) is 8.96. The van der Waals surface area contributed by atoms with Crippen molar-refractivity contribution in [1.29, 1.82) is 0 Å². The molecule has 2 nitrogen and oxygen atoms in total. The van der Waals surface area contributed by atoms with Crippen LogP contribution in [-0.4, -0.2) is 4.98 Å². The quantitative estimate of drug-likeness (QED) is 0.679. The van der Waals surface area contributed by atoms with Gasteiger partial charge in [-0.1, -0.05) is 50.7 Å². The van der Waals surface area contributed by atoms with Crippen LogP contribution >= 0.6 is 50.7 Å². The molecule has 0 spiro atoms. The second-order valence-corrected chi connectivity index (χ2v) is 5.58. The molecule has 0 aliphatic carbocycles. The van der Waals surface area contributed by atoms with Gasteiger partial charge in [0.2, 0.25) is 0 Å². The first-order chi connectivity index (χ1) is 8.56. The molecule has 1 heterocycles. The topological polar surface area (TPSA) is 22.1 Å². The lowest BCUT2D eigenvalue weighted by Crippen LogP contribution is -1.97. The predicted octanol–water partition coefficient (Wildman–Crippen LogP) is 5.38. The number of pyridine rings is 1. The molecule has 2 rings (SSSR count). The van der Waals surface area contributed by atoms with Crippen LogP contribution in [0.3, 0.4) is 0 Å². The van der Waals surface area contributed by atoms with Gasteiger partial charge in [-0.05, 0) is 24.3 Å². The number of hydrogen-bond donors (Lipinski definition) is 0. The zero-order chi connectivity index (χ0) is 13.1. The fraction of sp³-hybridized carbons (Fsp3) is 0.0833. The van der Waals surface area contributed by atoms with Gasteiger partial charge in [0, 0.05) is 16.2 Å². The number of hydrogen-bond acceptors (Lipinski definition) is 2. The van der Waals surface area contributed by atoms with Crippen LogP contribution in [0.4, 0.5) is 0 Å². The van der Waals surface area contributed by atoms with Crippen molar-refractivity contribution in [3.05, 3.63) is 55.7 Å². The molecule has 0 bridgehead atoms. The van der Waals surface area contributed by atoms with Crippen LogP contribution < -0.4 is 4.74 Å². The van der Waals surface area contributed by atoms with Crippen LogP contribution in [0.1, 0.15) is 5.56 Å². The van der Waals surface area contributed by atoms with Gasteiger partial charge in [0.25, 0.3) is 0 Å². The SMILES string of the molecule is Clc1cc(Cl)c(COc2cc(Br)ccc2Cl)cn1. The van der Waals surface area contributed by atoms with E-state index < -0.39 is 0 Å². The minimum absolute atomic E-state index is 0.277. The normalized spacial score (nSPS) is 10.4. The first-order valence-corrected chi connectivity index (χ1v) is 6.87. The summed E-state index contributed by atoms with van der Waals surface area (Å²) in [6.45, 7) is 0.277. The molecule has 0 aliphatic heterocycles. The highest BCUT2D eigenvalue weighted by atomic mass is 79.9. The largest absolute Gasteiger partial charge is 0.487 e. The minimum Gasteiger partial charge on any atom is -0.487 e. The number of ether oxygens (including phenoxy) is 1. The van der Waals surface area contributed by atoms with Crippen molar-refractivity contribution in [3.63, 3.8) is 0 Å². The molecule has 0 aliphatic rings. The average molecular weight is 367 g/mol. The number of nitrogens with zero attached hydrogens (tertiary/aromatic N) is 1. The maximum atomic E-state index is 6.02. The number of benzene rings is 1. The van der Waals surface area contributed by atoms with E-state index in [9.17, 15) is 0 Å². The summed E-state index contributed by atoms with van der Waals surface area (Å²) in [6.07, 6.45) is 1.58. The summed E-state index contributed by atoms with van der Waals surface area (Å²) in [7, 11) is 0. The molecule has 0 saturated carbocycles. The predicted molar refractivity (Wildman–Crippen MR) is 77.7 cm³/mol. The lowest BCUT2D eigenvalue weighted by molar-refractivity contribution is 0.306. The van der Waals surface area contributed by atoms with Gasteiger partial charge in [-0.15, -0.1) is 0 Å². The summed E-state index contributed by atoms with van der Waals surface area (Å²) in [5, 5.41) is 1.40. The van der Waals surface area contributed by atoms with Gasteiger partial charge >= 0.3 is 0 Å². The summed E-state index contributed by atoms with van der Waals surface area (Å²) >= 11 is 21.1. The third kappa shape index (κ3) is 3.51. The van der Waals surface area contributed by atoms with E-state index in [2.05, 4.69) is 20.9 Å². The van der Waals surface area contributed by atoms with Crippen LogP contribution in [-0.2, 0) is 6.61 Å². The van der Waals surface area contributed by atoms with Crippen molar-refractivity contribution in [2.45, 2.75) is 6.61 Å². The number of rotatable bonds is 3. The smallest absolute Gasteiger partial charge is 0.139 e. The zero-order valence-corrected chi connectivity index (χ0v) is 12.8. The van der Waals surface area contributed by atoms with Crippen LogP contribution in [0.5, 0.6) is 5.75 Å². The lowest BCUT2D eigenvalue weighted by Gasteiger charge is -2.09. The van der Waals surface area contributed by atoms with Crippen molar-refractivity contribution in [1.82, 2.24) is 4.98 Å². The van der Waals surface area contributed by atoms with E-state index in [-0.39, 0.29) is 6.61 Å². The first kappa shape index (κ1) is 13.9. The van der Waals surface area contributed by atoms with E-state index in [4.69, 9.17) is 39.5 Å². The first-order valence-electron chi connectivity index (χ1n) is 4.94. The Balaban J connectivity index is 2.13. The van der Waals surface area contributed by atoms with Gasteiger partial charge in [0.05, 0.1) is 10.0 Å². The van der Waals surface area contributed by atoms with Gasteiger partial charge in [0.1, 0.15) is 17.5 Å². The molecule has 0 fully saturated rings. The maximum Gasteiger partial charge on any atom is 0.139 e. The Labute approximate surface area is 128 Å². The molecule has 6 heteroatoms. The summed E-state index contributed by atoms with van der Waals surface area (Å²) in [4.78, 5) is 3.95. The molecule has 18 heavy (non-hydrogen) atoms. The molecule has 0 radical (unpaired) electrons. The molecule has 0 amide bonds. The van der Waals surface area contributed by atoms with Crippen LogP contribution in [0, 0.1) is 0 Å². The average Bonchev–Trinajstić information content (AvgIpc) is 2.32. The fourth-order valence-corrected chi connectivity index (χ4v) is 2.22. The Hall–Kier alpha value is -0.480. The Morgan fingerprint density at radius 3 is 2.61 bits per heavy atom. The molecule has 0 N–H and O–H groups in total. The Morgan fingerprint density at radius 2 is 1.89 bits per heavy atom.